The van der Waals surface area contributed by atoms with Crippen LogP contribution in [0, 0.1) is 5.41 Å². The lowest BCUT2D eigenvalue weighted by molar-refractivity contribution is 0.1000. The molecule has 0 saturated heterocycles. The summed E-state index contributed by atoms with van der Waals surface area (Å²) in [5.41, 5.74) is 9.23. The van der Waals surface area contributed by atoms with E-state index in [1.54, 1.807) is 13.0 Å². The Hall–Kier alpha value is -2.36. The van der Waals surface area contributed by atoms with Gasteiger partial charge in [0.1, 0.15) is 11.6 Å². The molecular weight excluding hydrogens is 341 g/mol. The number of halogens is 1. The molecule has 0 saturated carbocycles. The van der Waals surface area contributed by atoms with E-state index >= 15 is 4.39 Å². The SMILES string of the molecule is CCOc1cc(C(N)=O)ccc1/C(F)=C(C)/C=C/C1=C(C)CCCC1(C)C. The fourth-order valence-electron chi connectivity index (χ4n) is 3.64. The van der Waals surface area contributed by atoms with Crippen LogP contribution in [0.3, 0.4) is 0 Å². The van der Waals surface area contributed by atoms with Gasteiger partial charge in [0.25, 0.3) is 0 Å². The second-order valence-corrected chi connectivity index (χ2v) is 7.77. The average molecular weight is 371 g/mol. The summed E-state index contributed by atoms with van der Waals surface area (Å²) in [6, 6.07) is 4.56. The van der Waals surface area contributed by atoms with E-state index in [-0.39, 0.29) is 11.2 Å². The summed E-state index contributed by atoms with van der Waals surface area (Å²) in [6.07, 6.45) is 7.31. The lowest BCUT2D eigenvalue weighted by Gasteiger charge is -2.33. The van der Waals surface area contributed by atoms with E-state index in [0.29, 0.717) is 29.1 Å². The fraction of sp³-hybridized carbons (Fsp3) is 0.435. The maximum atomic E-state index is 15.1. The van der Waals surface area contributed by atoms with E-state index in [9.17, 15) is 4.79 Å². The molecule has 1 aromatic carbocycles. The molecule has 0 aliphatic heterocycles. The molecule has 1 amide bonds. The van der Waals surface area contributed by atoms with Crippen molar-refractivity contribution in [3.63, 3.8) is 0 Å². The molecule has 3 nitrogen and oxygen atoms in total. The van der Waals surface area contributed by atoms with Gasteiger partial charge >= 0.3 is 0 Å². The van der Waals surface area contributed by atoms with Crippen molar-refractivity contribution >= 4 is 11.7 Å². The second kappa shape index (κ2) is 8.55. The Balaban J connectivity index is 2.41. The third-order valence-electron chi connectivity index (χ3n) is 5.19. The van der Waals surface area contributed by atoms with Gasteiger partial charge in [-0.3, -0.25) is 4.79 Å². The Morgan fingerprint density at radius 1 is 1.37 bits per heavy atom. The summed E-state index contributed by atoms with van der Waals surface area (Å²) in [5.74, 6) is -0.601. The minimum Gasteiger partial charge on any atom is -0.493 e. The van der Waals surface area contributed by atoms with Crippen molar-refractivity contribution in [3.8, 4) is 5.75 Å². The Morgan fingerprint density at radius 3 is 2.67 bits per heavy atom. The first kappa shape index (κ1) is 20.9. The van der Waals surface area contributed by atoms with E-state index in [2.05, 4.69) is 20.8 Å². The van der Waals surface area contributed by atoms with Crippen LogP contribution in [0.2, 0.25) is 0 Å². The Kier molecular flexibility index (Phi) is 6.63. The Morgan fingerprint density at radius 2 is 2.07 bits per heavy atom. The standard InChI is InChI=1S/C23H30FNO2/c1-6-27-20-14-17(22(25)26)10-11-18(20)21(24)16(3)9-12-19-15(2)8-7-13-23(19,4)5/h9-12,14H,6-8,13H2,1-5H3,(H2,25,26)/b12-9+,21-16-. The fourth-order valence-corrected chi connectivity index (χ4v) is 3.64. The van der Waals surface area contributed by atoms with Gasteiger partial charge in [-0.15, -0.1) is 0 Å². The van der Waals surface area contributed by atoms with Gasteiger partial charge in [0, 0.05) is 5.56 Å². The number of primary amides is 1. The number of hydrogen-bond donors (Lipinski definition) is 1. The van der Waals surface area contributed by atoms with Crippen molar-refractivity contribution in [2.75, 3.05) is 6.61 Å². The number of ether oxygens (including phenoxy) is 1. The molecule has 27 heavy (non-hydrogen) atoms. The van der Waals surface area contributed by atoms with E-state index in [1.165, 1.54) is 29.7 Å². The van der Waals surface area contributed by atoms with Crippen LogP contribution in [-0.4, -0.2) is 12.5 Å². The minimum absolute atomic E-state index is 0.106. The molecular formula is C23H30FNO2. The van der Waals surface area contributed by atoms with Gasteiger partial charge in [0.05, 0.1) is 12.2 Å². The van der Waals surface area contributed by atoms with Crippen LogP contribution >= 0.6 is 0 Å². The van der Waals surface area contributed by atoms with Crippen LogP contribution in [0.25, 0.3) is 5.83 Å². The predicted octanol–water partition coefficient (Wildman–Crippen LogP) is 5.97. The molecule has 1 aliphatic carbocycles. The van der Waals surface area contributed by atoms with Gasteiger partial charge in [0.2, 0.25) is 5.91 Å². The summed E-state index contributed by atoms with van der Waals surface area (Å²) >= 11 is 0. The largest absolute Gasteiger partial charge is 0.493 e. The first-order valence-corrected chi connectivity index (χ1v) is 9.49. The Labute approximate surface area is 161 Å². The number of carbonyl (C=O) groups is 1. The van der Waals surface area contributed by atoms with E-state index in [0.717, 1.165) is 12.8 Å². The third-order valence-corrected chi connectivity index (χ3v) is 5.19. The van der Waals surface area contributed by atoms with E-state index in [4.69, 9.17) is 10.5 Å². The summed E-state index contributed by atoms with van der Waals surface area (Å²) < 4.78 is 20.6. The summed E-state index contributed by atoms with van der Waals surface area (Å²) in [7, 11) is 0. The molecule has 1 aliphatic rings. The van der Waals surface area contributed by atoms with Crippen LogP contribution < -0.4 is 10.5 Å². The second-order valence-electron chi connectivity index (χ2n) is 7.77. The van der Waals surface area contributed by atoms with Crippen LogP contribution in [-0.2, 0) is 0 Å². The van der Waals surface area contributed by atoms with Crippen molar-refractivity contribution in [2.24, 2.45) is 11.1 Å². The molecule has 2 N–H and O–H groups in total. The molecule has 0 fully saturated rings. The van der Waals surface area contributed by atoms with Crippen LogP contribution in [0.4, 0.5) is 4.39 Å². The van der Waals surface area contributed by atoms with Gasteiger partial charge in [-0.25, -0.2) is 4.39 Å². The number of hydrogen-bond acceptors (Lipinski definition) is 2. The Bertz CT molecular complexity index is 816. The molecule has 146 valence electrons. The summed E-state index contributed by atoms with van der Waals surface area (Å²) in [4.78, 5) is 11.4. The van der Waals surface area contributed by atoms with Crippen LogP contribution in [0.5, 0.6) is 5.75 Å². The molecule has 0 aromatic heterocycles. The number of benzene rings is 1. The summed E-state index contributed by atoms with van der Waals surface area (Å²) in [6.45, 7) is 10.6. The van der Waals surface area contributed by atoms with Crippen LogP contribution in [0.15, 0.2) is 47.1 Å². The number of rotatable bonds is 6. The number of carbonyl (C=O) groups excluding carboxylic acids is 1. The smallest absolute Gasteiger partial charge is 0.248 e. The maximum absolute atomic E-state index is 15.1. The molecule has 0 atom stereocenters. The molecule has 0 heterocycles. The first-order valence-electron chi connectivity index (χ1n) is 9.49. The number of allylic oxidation sites excluding steroid dienone is 5. The minimum atomic E-state index is -0.564. The van der Waals surface area contributed by atoms with Gasteiger partial charge in [0.15, 0.2) is 0 Å². The third kappa shape index (κ3) is 4.88. The van der Waals surface area contributed by atoms with Gasteiger partial charge in [-0.1, -0.05) is 31.6 Å². The molecule has 0 bridgehead atoms. The van der Waals surface area contributed by atoms with Crippen LogP contribution in [0.1, 0.15) is 69.8 Å². The molecule has 0 spiro atoms. The van der Waals surface area contributed by atoms with Gasteiger partial charge < -0.3 is 10.5 Å². The van der Waals surface area contributed by atoms with Crippen molar-refractivity contribution in [3.05, 3.63) is 58.2 Å². The summed E-state index contributed by atoms with van der Waals surface area (Å²) in [5, 5.41) is 0. The first-order chi connectivity index (χ1) is 12.7. The van der Waals surface area contributed by atoms with Crippen molar-refractivity contribution < 1.29 is 13.9 Å². The van der Waals surface area contributed by atoms with Gasteiger partial charge in [-0.2, -0.15) is 0 Å². The molecule has 0 unspecified atom stereocenters. The topological polar surface area (TPSA) is 52.3 Å². The van der Waals surface area contributed by atoms with Crippen molar-refractivity contribution in [1.29, 1.82) is 0 Å². The lowest BCUT2D eigenvalue weighted by atomic mass is 9.72. The highest BCUT2D eigenvalue weighted by atomic mass is 19.1. The zero-order valence-corrected chi connectivity index (χ0v) is 17.0. The molecule has 0 radical (unpaired) electrons. The average Bonchev–Trinajstić information content (AvgIpc) is 2.60. The van der Waals surface area contributed by atoms with Crippen molar-refractivity contribution in [2.45, 2.75) is 53.9 Å². The normalized spacial score (nSPS) is 17.9. The zero-order valence-electron chi connectivity index (χ0n) is 17.0. The predicted molar refractivity (Wildman–Crippen MR) is 109 cm³/mol. The van der Waals surface area contributed by atoms with E-state index in [1.807, 2.05) is 19.1 Å². The highest BCUT2D eigenvalue weighted by molar-refractivity contribution is 5.93. The molecule has 2 rings (SSSR count). The maximum Gasteiger partial charge on any atom is 0.248 e. The van der Waals surface area contributed by atoms with Gasteiger partial charge in [-0.05, 0) is 74.8 Å². The number of nitrogens with two attached hydrogens (primary N) is 1. The molecule has 4 heteroatoms. The quantitative estimate of drug-likeness (QED) is 0.627. The highest BCUT2D eigenvalue weighted by Crippen LogP contribution is 2.41. The lowest BCUT2D eigenvalue weighted by Crippen LogP contribution is -2.19. The van der Waals surface area contributed by atoms with E-state index < -0.39 is 5.91 Å². The monoisotopic (exact) mass is 371 g/mol. The zero-order chi connectivity index (χ0) is 20.2. The van der Waals surface area contributed by atoms with Crippen molar-refractivity contribution in [1.82, 2.24) is 0 Å². The number of amides is 1. The highest BCUT2D eigenvalue weighted by Gasteiger charge is 2.26. The molecule has 1 aromatic rings.